The van der Waals surface area contributed by atoms with Crippen molar-refractivity contribution in [3.63, 3.8) is 0 Å². The first-order valence-corrected chi connectivity index (χ1v) is 12.1. The van der Waals surface area contributed by atoms with Gasteiger partial charge in [0, 0.05) is 32.8 Å². The van der Waals surface area contributed by atoms with Crippen LogP contribution in [0.5, 0.6) is 5.75 Å². The van der Waals surface area contributed by atoms with Crippen LogP contribution in [0.1, 0.15) is 38.4 Å². The normalized spacial score (nSPS) is 10.8. The molecule has 0 saturated carbocycles. The molecule has 0 spiro atoms. The molecule has 190 valence electrons. The molecule has 1 heterocycles. The number of hydrogen-bond acceptors (Lipinski definition) is 5. The zero-order valence-electron chi connectivity index (χ0n) is 20.4. The Balaban J connectivity index is 1.46. The van der Waals surface area contributed by atoms with Gasteiger partial charge in [-0.25, -0.2) is 0 Å². The Morgan fingerprint density at radius 2 is 1.76 bits per heavy atom. The van der Waals surface area contributed by atoms with Crippen LogP contribution in [-0.2, 0) is 13.2 Å². The molecule has 10 heteroatoms. The summed E-state index contributed by atoms with van der Waals surface area (Å²) < 4.78 is 7.55. The molecule has 37 heavy (non-hydrogen) atoms. The Morgan fingerprint density at radius 3 is 2.43 bits per heavy atom. The number of aromatic nitrogens is 2. The molecular weight excluding hydrogens is 515 g/mol. The average molecular weight is 539 g/mol. The quantitative estimate of drug-likeness (QED) is 0.194. The third-order valence-corrected chi connectivity index (χ3v) is 6.66. The lowest BCUT2D eigenvalue weighted by Crippen LogP contribution is -2.14. The highest BCUT2D eigenvalue weighted by Crippen LogP contribution is 2.28. The first-order chi connectivity index (χ1) is 17.6. The zero-order valence-corrected chi connectivity index (χ0v) is 21.9. The summed E-state index contributed by atoms with van der Waals surface area (Å²) in [6.07, 6.45) is 0. The van der Waals surface area contributed by atoms with Crippen molar-refractivity contribution in [2.45, 2.75) is 33.9 Å². The summed E-state index contributed by atoms with van der Waals surface area (Å²) in [5, 5.41) is 19.6. The smallest absolute Gasteiger partial charge is 0.272 e. The van der Waals surface area contributed by atoms with E-state index in [1.165, 1.54) is 6.07 Å². The number of rotatable bonds is 8. The van der Waals surface area contributed by atoms with E-state index in [9.17, 15) is 14.9 Å². The Bertz CT molecular complexity index is 1480. The third-order valence-electron chi connectivity index (χ3n) is 5.95. The third kappa shape index (κ3) is 5.93. The molecule has 0 fully saturated rings. The van der Waals surface area contributed by atoms with Crippen LogP contribution in [0.4, 0.5) is 11.4 Å². The Morgan fingerprint density at radius 1 is 1.05 bits per heavy atom. The molecule has 0 radical (unpaired) electrons. The van der Waals surface area contributed by atoms with E-state index in [1.54, 1.807) is 60.1 Å². The predicted molar refractivity (Wildman–Crippen MR) is 144 cm³/mol. The van der Waals surface area contributed by atoms with Gasteiger partial charge in [0.15, 0.2) is 0 Å². The van der Waals surface area contributed by atoms with Gasteiger partial charge in [-0.15, -0.1) is 0 Å². The molecular formula is C27H24Cl2N4O4. The highest BCUT2D eigenvalue weighted by molar-refractivity contribution is 6.36. The summed E-state index contributed by atoms with van der Waals surface area (Å²) in [4.78, 5) is 23.6. The minimum Gasteiger partial charge on any atom is -0.489 e. The lowest BCUT2D eigenvalue weighted by atomic mass is 10.1. The van der Waals surface area contributed by atoms with Crippen LogP contribution in [0.25, 0.3) is 0 Å². The van der Waals surface area contributed by atoms with Crippen LogP contribution in [-0.4, -0.2) is 20.6 Å². The molecule has 1 N–H and O–H groups in total. The van der Waals surface area contributed by atoms with E-state index in [-0.39, 0.29) is 18.2 Å². The predicted octanol–water partition coefficient (Wildman–Crippen LogP) is 6.90. The molecule has 4 rings (SSSR count). The fourth-order valence-corrected chi connectivity index (χ4v) is 4.46. The number of carbonyl (C=O) groups excluding carboxylic acids is 1. The van der Waals surface area contributed by atoms with Crippen molar-refractivity contribution in [2.75, 3.05) is 5.32 Å². The number of carbonyl (C=O) groups is 1. The SMILES string of the molecule is Cc1cc(OCc2cccc(C(=O)Nc3c(C)nn(Cc4c(Cl)cccc4Cl)c3C)c2)ccc1[N+](=O)[O-]. The van der Waals surface area contributed by atoms with Gasteiger partial charge in [-0.3, -0.25) is 19.6 Å². The maximum absolute atomic E-state index is 13.1. The van der Waals surface area contributed by atoms with Gasteiger partial charge in [-0.2, -0.15) is 5.10 Å². The highest BCUT2D eigenvalue weighted by atomic mass is 35.5. The van der Waals surface area contributed by atoms with Crippen molar-refractivity contribution in [3.8, 4) is 5.75 Å². The van der Waals surface area contributed by atoms with Gasteiger partial charge in [-0.1, -0.05) is 41.4 Å². The van der Waals surface area contributed by atoms with Crippen molar-refractivity contribution >= 4 is 40.5 Å². The minimum absolute atomic E-state index is 0.0369. The first kappa shape index (κ1) is 26.2. The first-order valence-electron chi connectivity index (χ1n) is 11.4. The lowest BCUT2D eigenvalue weighted by molar-refractivity contribution is -0.385. The number of amides is 1. The van der Waals surface area contributed by atoms with Crippen LogP contribution in [0, 0.1) is 30.9 Å². The van der Waals surface area contributed by atoms with Gasteiger partial charge in [0.1, 0.15) is 12.4 Å². The van der Waals surface area contributed by atoms with Crippen molar-refractivity contribution in [2.24, 2.45) is 0 Å². The van der Waals surface area contributed by atoms with Crippen molar-refractivity contribution in [1.29, 1.82) is 0 Å². The number of nitrogens with one attached hydrogen (secondary N) is 1. The van der Waals surface area contributed by atoms with Gasteiger partial charge in [0.25, 0.3) is 11.6 Å². The maximum atomic E-state index is 13.1. The number of anilines is 1. The number of ether oxygens (including phenoxy) is 1. The molecule has 0 aliphatic rings. The molecule has 3 aromatic carbocycles. The van der Waals surface area contributed by atoms with Crippen LogP contribution in [0.2, 0.25) is 10.0 Å². The fourth-order valence-electron chi connectivity index (χ4n) is 3.94. The van der Waals surface area contributed by atoms with E-state index in [0.29, 0.717) is 44.8 Å². The van der Waals surface area contributed by atoms with Gasteiger partial charge in [0.05, 0.1) is 28.5 Å². The standard InChI is InChI=1S/C27H24Cl2N4O4/c1-16-12-21(10-11-25(16)33(35)36)37-15-19-6-4-7-20(13-19)27(34)30-26-17(2)31-32(18(26)3)14-22-23(28)8-5-9-24(22)29/h4-13H,14-15H2,1-3H3,(H,30,34). The molecule has 1 amide bonds. The number of nitro groups is 1. The molecule has 0 bridgehead atoms. The minimum atomic E-state index is -0.430. The molecule has 0 aliphatic heterocycles. The van der Waals surface area contributed by atoms with Crippen LogP contribution in [0.3, 0.4) is 0 Å². The largest absolute Gasteiger partial charge is 0.489 e. The summed E-state index contributed by atoms with van der Waals surface area (Å²) in [6.45, 7) is 5.93. The number of nitrogens with zero attached hydrogens (tertiary/aromatic N) is 3. The van der Waals surface area contributed by atoms with Gasteiger partial charge in [0.2, 0.25) is 0 Å². The Labute approximate surface area is 223 Å². The Hall–Kier alpha value is -3.88. The summed E-state index contributed by atoms with van der Waals surface area (Å²) >= 11 is 12.6. The van der Waals surface area contributed by atoms with Crippen LogP contribution < -0.4 is 10.1 Å². The summed E-state index contributed by atoms with van der Waals surface area (Å²) in [7, 11) is 0. The molecule has 0 aliphatic carbocycles. The molecule has 0 atom stereocenters. The van der Waals surface area contributed by atoms with Crippen molar-refractivity contribution < 1.29 is 14.5 Å². The van der Waals surface area contributed by atoms with Gasteiger partial charge >= 0.3 is 0 Å². The molecule has 0 saturated heterocycles. The molecule has 4 aromatic rings. The number of benzene rings is 3. The monoisotopic (exact) mass is 538 g/mol. The fraction of sp³-hybridized carbons (Fsp3) is 0.185. The molecule has 0 unspecified atom stereocenters. The molecule has 8 nitrogen and oxygen atoms in total. The number of halogens is 2. The van der Waals surface area contributed by atoms with Crippen LogP contribution >= 0.6 is 23.2 Å². The van der Waals surface area contributed by atoms with E-state index < -0.39 is 4.92 Å². The Kier molecular flexibility index (Phi) is 7.80. The second kappa shape index (κ2) is 11.0. The zero-order chi connectivity index (χ0) is 26.7. The maximum Gasteiger partial charge on any atom is 0.272 e. The van der Waals surface area contributed by atoms with E-state index in [1.807, 2.05) is 19.9 Å². The van der Waals surface area contributed by atoms with Gasteiger partial charge in [-0.05, 0) is 62.7 Å². The van der Waals surface area contributed by atoms with Crippen molar-refractivity contribution in [3.05, 3.63) is 114 Å². The average Bonchev–Trinajstić information content (AvgIpc) is 3.12. The van der Waals surface area contributed by atoms with E-state index in [0.717, 1.165) is 16.8 Å². The lowest BCUT2D eigenvalue weighted by Gasteiger charge is -2.11. The second-order valence-electron chi connectivity index (χ2n) is 8.55. The second-order valence-corrected chi connectivity index (χ2v) is 9.37. The number of aryl methyl sites for hydroxylation is 2. The van der Waals surface area contributed by atoms with E-state index in [2.05, 4.69) is 10.4 Å². The summed E-state index contributed by atoms with van der Waals surface area (Å²) in [5.74, 6) is 0.227. The topological polar surface area (TPSA) is 99.3 Å². The summed E-state index contributed by atoms with van der Waals surface area (Å²) in [5.41, 5.74) is 4.61. The van der Waals surface area contributed by atoms with E-state index >= 15 is 0 Å². The number of hydrogen-bond donors (Lipinski definition) is 1. The van der Waals surface area contributed by atoms with Crippen molar-refractivity contribution in [1.82, 2.24) is 9.78 Å². The van der Waals surface area contributed by atoms with Crippen LogP contribution in [0.15, 0.2) is 60.7 Å². The highest BCUT2D eigenvalue weighted by Gasteiger charge is 2.17. The van der Waals surface area contributed by atoms with E-state index in [4.69, 9.17) is 27.9 Å². The summed E-state index contributed by atoms with van der Waals surface area (Å²) in [6, 6.07) is 17.0. The van der Waals surface area contributed by atoms with Gasteiger partial charge < -0.3 is 10.1 Å². The molecule has 1 aromatic heterocycles. The number of nitro benzene ring substituents is 1.